The van der Waals surface area contributed by atoms with Crippen LogP contribution in [-0.2, 0) is 0 Å². The zero-order chi connectivity index (χ0) is 13.0. The Hall–Kier alpha value is -2.34. The third-order valence-electron chi connectivity index (χ3n) is 2.42. The Morgan fingerprint density at radius 2 is 1.67 bits per heavy atom. The van der Waals surface area contributed by atoms with Crippen LogP contribution in [0, 0.1) is 12.3 Å². The molecule has 0 aliphatic carbocycles. The van der Waals surface area contributed by atoms with Gasteiger partial charge in [-0.1, -0.05) is 30.2 Å². The Kier molecular flexibility index (Phi) is 3.59. The molecule has 2 aromatic carbocycles. The summed E-state index contributed by atoms with van der Waals surface area (Å²) in [5.41, 5.74) is 2.39. The van der Waals surface area contributed by atoms with Crippen LogP contribution in [0.15, 0.2) is 48.5 Å². The SMILES string of the molecule is C#Cc1cccc(-c2cccc(OC(F)F)c2)c1. The third-order valence-corrected chi connectivity index (χ3v) is 2.42. The van der Waals surface area contributed by atoms with Gasteiger partial charge in [0.05, 0.1) is 0 Å². The molecule has 0 N–H and O–H groups in total. The van der Waals surface area contributed by atoms with Crippen molar-refractivity contribution in [1.29, 1.82) is 0 Å². The second kappa shape index (κ2) is 5.33. The lowest BCUT2D eigenvalue weighted by atomic mass is 10.0. The Morgan fingerprint density at radius 1 is 1.00 bits per heavy atom. The van der Waals surface area contributed by atoms with E-state index in [9.17, 15) is 8.78 Å². The first kappa shape index (κ1) is 12.1. The third kappa shape index (κ3) is 2.86. The van der Waals surface area contributed by atoms with Crippen LogP contribution in [0.4, 0.5) is 8.78 Å². The van der Waals surface area contributed by atoms with Gasteiger partial charge in [0, 0.05) is 5.56 Å². The molecule has 90 valence electrons. The number of ether oxygens (including phenoxy) is 1. The van der Waals surface area contributed by atoms with Crippen LogP contribution in [0.3, 0.4) is 0 Å². The van der Waals surface area contributed by atoms with Crippen molar-refractivity contribution in [1.82, 2.24) is 0 Å². The smallest absolute Gasteiger partial charge is 0.387 e. The lowest BCUT2D eigenvalue weighted by Gasteiger charge is -2.07. The summed E-state index contributed by atoms with van der Waals surface area (Å²) >= 11 is 0. The first-order chi connectivity index (χ1) is 8.69. The van der Waals surface area contributed by atoms with E-state index in [0.717, 1.165) is 16.7 Å². The van der Waals surface area contributed by atoms with Crippen molar-refractivity contribution in [3.05, 3.63) is 54.1 Å². The number of terminal acetylenes is 1. The minimum atomic E-state index is -2.82. The van der Waals surface area contributed by atoms with Gasteiger partial charge in [-0.05, 0) is 35.4 Å². The summed E-state index contributed by atoms with van der Waals surface area (Å²) in [5, 5.41) is 0. The Labute approximate surface area is 104 Å². The van der Waals surface area contributed by atoms with Gasteiger partial charge in [-0.2, -0.15) is 8.78 Å². The zero-order valence-corrected chi connectivity index (χ0v) is 9.44. The average Bonchev–Trinajstić information content (AvgIpc) is 2.38. The van der Waals surface area contributed by atoms with Crippen LogP contribution < -0.4 is 4.74 Å². The van der Waals surface area contributed by atoms with Crippen LogP contribution in [0.1, 0.15) is 5.56 Å². The van der Waals surface area contributed by atoms with E-state index in [4.69, 9.17) is 6.42 Å². The number of benzene rings is 2. The molecule has 18 heavy (non-hydrogen) atoms. The maximum absolute atomic E-state index is 12.1. The summed E-state index contributed by atoms with van der Waals surface area (Å²) in [6.07, 6.45) is 5.32. The van der Waals surface area contributed by atoms with Crippen molar-refractivity contribution < 1.29 is 13.5 Å². The highest BCUT2D eigenvalue weighted by atomic mass is 19.3. The lowest BCUT2D eigenvalue weighted by Crippen LogP contribution is -2.01. The van der Waals surface area contributed by atoms with E-state index in [2.05, 4.69) is 10.7 Å². The van der Waals surface area contributed by atoms with E-state index in [0.29, 0.717) is 0 Å². The van der Waals surface area contributed by atoms with Crippen LogP contribution in [0.2, 0.25) is 0 Å². The Bertz CT molecular complexity index is 585. The molecule has 0 heterocycles. The van der Waals surface area contributed by atoms with E-state index in [-0.39, 0.29) is 5.75 Å². The second-order valence-corrected chi connectivity index (χ2v) is 3.63. The molecule has 0 bridgehead atoms. The maximum atomic E-state index is 12.1. The van der Waals surface area contributed by atoms with Crippen molar-refractivity contribution in [2.45, 2.75) is 6.61 Å². The summed E-state index contributed by atoms with van der Waals surface area (Å²) in [4.78, 5) is 0. The number of alkyl halides is 2. The fraction of sp³-hybridized carbons (Fsp3) is 0.0667. The van der Waals surface area contributed by atoms with Crippen molar-refractivity contribution in [3.63, 3.8) is 0 Å². The number of hydrogen-bond donors (Lipinski definition) is 0. The molecule has 0 spiro atoms. The molecule has 3 heteroatoms. The summed E-state index contributed by atoms with van der Waals surface area (Å²) in [6, 6.07) is 13.8. The van der Waals surface area contributed by atoms with E-state index < -0.39 is 6.61 Å². The summed E-state index contributed by atoms with van der Waals surface area (Å²) in [7, 11) is 0. The van der Waals surface area contributed by atoms with Gasteiger partial charge >= 0.3 is 6.61 Å². The van der Waals surface area contributed by atoms with Crippen molar-refractivity contribution in [3.8, 4) is 29.2 Å². The molecular weight excluding hydrogens is 234 g/mol. The van der Waals surface area contributed by atoms with E-state index in [1.165, 1.54) is 6.07 Å². The molecule has 2 aromatic rings. The van der Waals surface area contributed by atoms with Gasteiger partial charge in [0.1, 0.15) is 5.75 Å². The zero-order valence-electron chi connectivity index (χ0n) is 9.44. The van der Waals surface area contributed by atoms with Gasteiger partial charge in [-0.15, -0.1) is 6.42 Å². The second-order valence-electron chi connectivity index (χ2n) is 3.63. The molecule has 0 fully saturated rings. The van der Waals surface area contributed by atoms with Gasteiger partial charge in [0.2, 0.25) is 0 Å². The van der Waals surface area contributed by atoms with Gasteiger partial charge in [-0.3, -0.25) is 0 Å². The largest absolute Gasteiger partial charge is 0.435 e. The molecule has 0 aliphatic heterocycles. The molecule has 0 unspecified atom stereocenters. The highest BCUT2D eigenvalue weighted by molar-refractivity contribution is 5.66. The van der Waals surface area contributed by atoms with Gasteiger partial charge in [0.15, 0.2) is 0 Å². The normalized spacial score (nSPS) is 10.1. The van der Waals surface area contributed by atoms with Crippen molar-refractivity contribution in [2.75, 3.05) is 0 Å². The molecule has 1 nitrogen and oxygen atoms in total. The predicted molar refractivity (Wildman–Crippen MR) is 66.4 cm³/mol. The molecule has 0 aromatic heterocycles. The van der Waals surface area contributed by atoms with Gasteiger partial charge < -0.3 is 4.74 Å². The molecule has 0 amide bonds. The molecule has 0 saturated heterocycles. The van der Waals surface area contributed by atoms with Crippen LogP contribution >= 0.6 is 0 Å². The summed E-state index contributed by atoms with van der Waals surface area (Å²) in [6.45, 7) is -2.82. The molecular formula is C15H10F2O. The van der Waals surface area contributed by atoms with Crippen LogP contribution in [-0.4, -0.2) is 6.61 Å². The maximum Gasteiger partial charge on any atom is 0.387 e. The van der Waals surface area contributed by atoms with Gasteiger partial charge in [-0.25, -0.2) is 0 Å². The average molecular weight is 244 g/mol. The molecule has 0 radical (unpaired) electrons. The first-order valence-electron chi connectivity index (χ1n) is 5.31. The van der Waals surface area contributed by atoms with Gasteiger partial charge in [0.25, 0.3) is 0 Å². The lowest BCUT2D eigenvalue weighted by molar-refractivity contribution is -0.0498. The van der Waals surface area contributed by atoms with Crippen molar-refractivity contribution in [2.24, 2.45) is 0 Å². The monoisotopic (exact) mass is 244 g/mol. The number of halogens is 2. The van der Waals surface area contributed by atoms with E-state index in [1.54, 1.807) is 12.1 Å². The first-order valence-corrected chi connectivity index (χ1v) is 5.31. The summed E-state index contributed by atoms with van der Waals surface area (Å²) < 4.78 is 28.6. The molecule has 0 atom stereocenters. The number of hydrogen-bond acceptors (Lipinski definition) is 1. The van der Waals surface area contributed by atoms with E-state index in [1.807, 2.05) is 30.3 Å². The molecule has 0 saturated carbocycles. The fourth-order valence-electron chi connectivity index (χ4n) is 1.64. The van der Waals surface area contributed by atoms with Crippen LogP contribution in [0.5, 0.6) is 5.75 Å². The highest BCUT2D eigenvalue weighted by Crippen LogP contribution is 2.25. The minimum Gasteiger partial charge on any atom is -0.435 e. The summed E-state index contributed by atoms with van der Waals surface area (Å²) in [5.74, 6) is 2.67. The quantitative estimate of drug-likeness (QED) is 0.743. The Balaban J connectivity index is 2.35. The fourth-order valence-corrected chi connectivity index (χ4v) is 1.64. The predicted octanol–water partition coefficient (Wildman–Crippen LogP) is 3.94. The van der Waals surface area contributed by atoms with Crippen LogP contribution in [0.25, 0.3) is 11.1 Å². The molecule has 2 rings (SSSR count). The Morgan fingerprint density at radius 3 is 2.33 bits per heavy atom. The minimum absolute atomic E-state index is 0.133. The standard InChI is InChI=1S/C15H10F2O/c1-2-11-5-3-6-12(9-11)13-7-4-8-14(10-13)18-15(16)17/h1,3-10,15H. The topological polar surface area (TPSA) is 9.23 Å². The molecule has 0 aliphatic rings. The number of rotatable bonds is 3. The van der Waals surface area contributed by atoms with E-state index >= 15 is 0 Å². The highest BCUT2D eigenvalue weighted by Gasteiger charge is 2.05. The van der Waals surface area contributed by atoms with Crippen molar-refractivity contribution >= 4 is 0 Å².